The molecule has 3 rings (SSSR count). The summed E-state index contributed by atoms with van der Waals surface area (Å²) in [4.78, 5) is 34.8. The average molecular weight is 725 g/mol. The second-order valence-corrected chi connectivity index (χ2v) is 15.0. The number of halogens is 6. The van der Waals surface area contributed by atoms with Gasteiger partial charge in [-0.05, 0) is 41.9 Å². The Hall–Kier alpha value is -4.00. The van der Waals surface area contributed by atoms with E-state index in [-0.39, 0.29) is 5.91 Å². The van der Waals surface area contributed by atoms with Gasteiger partial charge in [0, 0.05) is 25.7 Å². The Kier molecular flexibility index (Phi) is 13.7. The number of hydrogen-bond donors (Lipinski definition) is 1. The molecule has 1 fully saturated rings. The third-order valence-corrected chi connectivity index (χ3v) is 10.4. The maximum absolute atomic E-state index is 12.8. The Morgan fingerprint density at radius 3 is 2.06 bits per heavy atom. The van der Waals surface area contributed by atoms with E-state index in [0.717, 1.165) is 17.5 Å². The fraction of sp³-hybridized carbons (Fsp3) is 0.400. The molecule has 1 aliphatic rings. The molecule has 262 valence electrons. The lowest BCUT2D eigenvalue weighted by atomic mass is 10.1. The average Bonchev–Trinajstić information content (AvgIpc) is 3.56. The molecule has 4 atom stereocenters. The number of nitriles is 1. The second-order valence-electron chi connectivity index (χ2n) is 10.5. The van der Waals surface area contributed by atoms with Gasteiger partial charge in [-0.15, -0.1) is 0 Å². The molecular formula is C30H31F6N2O8PS. The van der Waals surface area contributed by atoms with Crippen molar-refractivity contribution < 1.29 is 64.0 Å². The summed E-state index contributed by atoms with van der Waals surface area (Å²) >= 11 is 1.00. The molecule has 1 aliphatic carbocycles. The first-order chi connectivity index (χ1) is 22.2. The number of allylic oxidation sites excluding steroid dienone is 1. The molecule has 10 nitrogen and oxygen atoms in total. The molecule has 0 bridgehead atoms. The number of hydrogen-bond acceptors (Lipinski definition) is 10. The van der Waals surface area contributed by atoms with E-state index in [1.165, 1.54) is 20.1 Å². The minimum Gasteiger partial charge on any atom is -0.457 e. The molecule has 0 aliphatic heterocycles. The largest absolute Gasteiger partial charge is 0.457 e. The number of esters is 2. The molecule has 0 radical (unpaired) electrons. The van der Waals surface area contributed by atoms with Crippen molar-refractivity contribution >= 4 is 35.9 Å². The maximum atomic E-state index is 12.8. The SMILES string of the molecule is CC1(C)C(/C=C\C(=O)OC(C(F)(F)F)C(F)(F)F)C1C(=O)OC(C#N)c1cccc(Oc2ccccc2)c1.COP(=O)(NC(C)=O)SC. The fourth-order valence-corrected chi connectivity index (χ4v) is 6.05. The van der Waals surface area contributed by atoms with Crippen molar-refractivity contribution in [3.63, 3.8) is 0 Å². The van der Waals surface area contributed by atoms with Gasteiger partial charge in [-0.3, -0.25) is 19.2 Å². The van der Waals surface area contributed by atoms with Crippen molar-refractivity contribution in [1.29, 1.82) is 5.26 Å². The lowest BCUT2D eigenvalue weighted by Crippen LogP contribution is -2.45. The van der Waals surface area contributed by atoms with Crippen LogP contribution in [0.2, 0.25) is 0 Å². The van der Waals surface area contributed by atoms with Gasteiger partial charge in [-0.25, -0.2) is 4.79 Å². The van der Waals surface area contributed by atoms with Gasteiger partial charge in [0.25, 0.3) is 6.10 Å². The van der Waals surface area contributed by atoms with Crippen LogP contribution in [0.5, 0.6) is 11.5 Å². The van der Waals surface area contributed by atoms with Crippen molar-refractivity contribution in [1.82, 2.24) is 5.09 Å². The standard InChI is InChI=1S/C26H21F6NO5.C4H10NO3PS/c1-24(2)18(11-12-20(34)38-23(25(27,28)29)26(30,31)32)21(24)22(35)37-19(14-33)15-7-6-10-17(13-15)36-16-8-4-3-5-9-16;1-4(6)5-9(7,8-2)10-3/h3-13,18-19,21,23H,1-2H3;1-3H3,(H,5,6,7)/b12-11-;. The zero-order valence-electron chi connectivity index (χ0n) is 26.0. The molecule has 0 saturated heterocycles. The smallest absolute Gasteiger partial charge is 0.434 e. The summed E-state index contributed by atoms with van der Waals surface area (Å²) in [6, 6.07) is 16.9. The van der Waals surface area contributed by atoms with Crippen LogP contribution in [0.15, 0.2) is 66.7 Å². The summed E-state index contributed by atoms with van der Waals surface area (Å²) in [5.74, 6) is -3.80. The Morgan fingerprint density at radius 2 is 1.58 bits per heavy atom. The molecular weight excluding hydrogens is 693 g/mol. The van der Waals surface area contributed by atoms with Crippen LogP contribution in [0.3, 0.4) is 0 Å². The van der Waals surface area contributed by atoms with Gasteiger partial charge in [0.1, 0.15) is 17.6 Å². The van der Waals surface area contributed by atoms with Gasteiger partial charge < -0.3 is 18.7 Å². The van der Waals surface area contributed by atoms with Gasteiger partial charge in [0.15, 0.2) is 0 Å². The molecule has 48 heavy (non-hydrogen) atoms. The van der Waals surface area contributed by atoms with Gasteiger partial charge in [0.05, 0.1) is 5.92 Å². The van der Waals surface area contributed by atoms with Crippen LogP contribution in [0.25, 0.3) is 0 Å². The Balaban J connectivity index is 0.000000692. The molecule has 0 aromatic heterocycles. The number of nitrogens with zero attached hydrogens (tertiary/aromatic N) is 1. The number of rotatable bonds is 11. The zero-order valence-corrected chi connectivity index (χ0v) is 27.7. The highest BCUT2D eigenvalue weighted by atomic mass is 32.7. The number of amides is 1. The molecule has 4 unspecified atom stereocenters. The minimum absolute atomic E-state index is 0.314. The summed E-state index contributed by atoms with van der Waals surface area (Å²) in [5, 5.41) is 11.8. The highest BCUT2D eigenvalue weighted by molar-refractivity contribution is 8.55. The van der Waals surface area contributed by atoms with Crippen molar-refractivity contribution in [2.75, 3.05) is 13.4 Å². The Labute approximate surface area is 276 Å². The van der Waals surface area contributed by atoms with Gasteiger partial charge in [0.2, 0.25) is 12.0 Å². The predicted molar refractivity (Wildman–Crippen MR) is 161 cm³/mol. The first-order valence-electron chi connectivity index (χ1n) is 13.6. The van der Waals surface area contributed by atoms with Crippen LogP contribution in [0, 0.1) is 28.6 Å². The maximum Gasteiger partial charge on any atom is 0.434 e. The van der Waals surface area contributed by atoms with Crippen molar-refractivity contribution in [2.24, 2.45) is 17.3 Å². The summed E-state index contributed by atoms with van der Waals surface area (Å²) < 4.78 is 106. The van der Waals surface area contributed by atoms with E-state index in [4.69, 9.17) is 9.47 Å². The van der Waals surface area contributed by atoms with Crippen LogP contribution in [-0.2, 0) is 32.9 Å². The number of para-hydroxylation sites is 1. The number of alkyl halides is 6. The van der Waals surface area contributed by atoms with Crippen LogP contribution in [0.1, 0.15) is 32.4 Å². The van der Waals surface area contributed by atoms with Gasteiger partial charge in [-0.1, -0.05) is 61.6 Å². The minimum atomic E-state index is -5.84. The third-order valence-electron chi connectivity index (χ3n) is 6.70. The summed E-state index contributed by atoms with van der Waals surface area (Å²) in [5.41, 5.74) is -0.534. The fourth-order valence-electron chi connectivity index (χ4n) is 4.23. The predicted octanol–water partition coefficient (Wildman–Crippen LogP) is 7.69. The van der Waals surface area contributed by atoms with Crippen molar-refractivity contribution in [3.8, 4) is 17.6 Å². The lowest BCUT2D eigenvalue weighted by molar-refractivity contribution is -0.312. The van der Waals surface area contributed by atoms with Crippen LogP contribution in [0.4, 0.5) is 26.3 Å². The van der Waals surface area contributed by atoms with E-state index in [0.29, 0.717) is 23.1 Å². The van der Waals surface area contributed by atoms with Crippen LogP contribution >= 0.6 is 18.1 Å². The van der Waals surface area contributed by atoms with Crippen molar-refractivity contribution in [2.45, 2.75) is 45.3 Å². The second kappa shape index (κ2) is 16.4. The van der Waals surface area contributed by atoms with Crippen LogP contribution < -0.4 is 9.82 Å². The normalized spacial score (nSPS) is 18.7. The molecule has 1 N–H and O–H groups in total. The van der Waals surface area contributed by atoms with Gasteiger partial charge >= 0.3 is 31.0 Å². The Bertz CT molecular complexity index is 1540. The van der Waals surface area contributed by atoms with Crippen molar-refractivity contribution in [3.05, 3.63) is 72.3 Å². The van der Waals surface area contributed by atoms with E-state index < -0.39 is 60.5 Å². The third kappa shape index (κ3) is 11.6. The van der Waals surface area contributed by atoms with E-state index >= 15 is 0 Å². The number of carbonyl (C=O) groups excluding carboxylic acids is 3. The molecule has 2 aromatic rings. The molecule has 1 saturated carbocycles. The van der Waals surface area contributed by atoms with E-state index in [9.17, 15) is 50.6 Å². The number of ether oxygens (including phenoxy) is 3. The molecule has 18 heteroatoms. The zero-order chi connectivity index (χ0) is 36.5. The lowest BCUT2D eigenvalue weighted by Gasteiger charge is -2.22. The summed E-state index contributed by atoms with van der Waals surface area (Å²) in [6.45, 7) is 1.55. The van der Waals surface area contributed by atoms with Crippen LogP contribution in [-0.4, -0.2) is 49.7 Å². The molecule has 2 aromatic carbocycles. The highest BCUT2D eigenvalue weighted by Crippen LogP contribution is 2.60. The first-order valence-corrected chi connectivity index (χ1v) is 17.1. The number of nitrogens with one attached hydrogen (secondary N) is 1. The topological polar surface area (TPSA) is 141 Å². The number of carbonyl (C=O) groups is 3. The molecule has 0 heterocycles. The van der Waals surface area contributed by atoms with Gasteiger partial charge in [-0.2, -0.15) is 31.6 Å². The van der Waals surface area contributed by atoms with E-state index in [1.807, 2.05) is 6.07 Å². The highest BCUT2D eigenvalue weighted by Gasteiger charge is 2.62. The van der Waals surface area contributed by atoms with E-state index in [2.05, 4.69) is 14.3 Å². The number of benzene rings is 2. The molecule has 1 amide bonds. The first kappa shape index (κ1) is 40.2. The molecule has 0 spiro atoms. The summed E-state index contributed by atoms with van der Waals surface area (Å²) in [6.07, 6.45) is -14.3. The Morgan fingerprint density at radius 1 is 1.00 bits per heavy atom. The van der Waals surface area contributed by atoms with E-state index in [1.54, 1.807) is 68.6 Å². The quantitative estimate of drug-likeness (QED) is 0.106. The monoisotopic (exact) mass is 724 g/mol. The summed E-state index contributed by atoms with van der Waals surface area (Å²) in [7, 11) is 1.30.